The van der Waals surface area contributed by atoms with Crippen molar-refractivity contribution in [2.45, 2.75) is 19.4 Å². The van der Waals surface area contributed by atoms with Gasteiger partial charge in [0.2, 0.25) is 0 Å². The summed E-state index contributed by atoms with van der Waals surface area (Å²) in [5.74, 6) is 0. The van der Waals surface area contributed by atoms with E-state index >= 15 is 0 Å². The summed E-state index contributed by atoms with van der Waals surface area (Å²) in [5.41, 5.74) is 2.12. The first kappa shape index (κ1) is 9.00. The fraction of sp³-hybridized carbons (Fsp3) is 0.250. The van der Waals surface area contributed by atoms with Gasteiger partial charge < -0.3 is 5.32 Å². The van der Waals surface area contributed by atoms with Crippen LogP contribution in [0.1, 0.15) is 18.2 Å². The van der Waals surface area contributed by atoms with Crippen LogP contribution < -0.4 is 5.32 Å². The zero-order valence-corrected chi connectivity index (χ0v) is 8.49. The molecule has 1 aromatic rings. The predicted octanol–water partition coefficient (Wildman–Crippen LogP) is 2.28. The molecule has 2 rings (SSSR count). The lowest BCUT2D eigenvalue weighted by atomic mass is 9.94. The molecule has 1 atom stereocenters. The lowest BCUT2D eigenvalue weighted by molar-refractivity contribution is 0.507. The molecular formula is C12H14N2. The smallest absolute Gasteiger partial charge is 0.0951 e. The van der Waals surface area contributed by atoms with Gasteiger partial charge in [-0.15, -0.1) is 0 Å². The van der Waals surface area contributed by atoms with Crippen molar-refractivity contribution in [1.29, 1.82) is 0 Å². The SMILES string of the molecule is Cc1ccnc(C2(C)C=CC=CN2)c1. The van der Waals surface area contributed by atoms with E-state index in [1.54, 1.807) is 0 Å². The van der Waals surface area contributed by atoms with Crippen LogP contribution in [0.2, 0.25) is 0 Å². The molecule has 14 heavy (non-hydrogen) atoms. The molecule has 0 amide bonds. The molecule has 0 saturated carbocycles. The average Bonchev–Trinajstić information content (AvgIpc) is 2.19. The zero-order valence-electron chi connectivity index (χ0n) is 8.49. The number of nitrogens with zero attached hydrogens (tertiary/aromatic N) is 1. The molecule has 1 aliphatic rings. The molecule has 0 radical (unpaired) electrons. The average molecular weight is 186 g/mol. The standard InChI is InChI=1S/C12H14N2/c1-10-5-8-13-11(9-10)12(2)6-3-4-7-14-12/h3-9,14H,1-2H3. The first-order valence-corrected chi connectivity index (χ1v) is 4.76. The highest BCUT2D eigenvalue weighted by molar-refractivity contribution is 5.30. The minimum atomic E-state index is -0.166. The minimum Gasteiger partial charge on any atom is -0.377 e. The Balaban J connectivity index is 2.39. The number of pyridine rings is 1. The lowest BCUT2D eigenvalue weighted by Gasteiger charge is -2.28. The van der Waals surface area contributed by atoms with Crippen molar-refractivity contribution in [2.24, 2.45) is 0 Å². The monoisotopic (exact) mass is 186 g/mol. The second-order valence-corrected chi connectivity index (χ2v) is 3.78. The van der Waals surface area contributed by atoms with Crippen LogP contribution in [0.15, 0.2) is 42.8 Å². The maximum atomic E-state index is 4.39. The molecule has 2 nitrogen and oxygen atoms in total. The van der Waals surface area contributed by atoms with Crippen molar-refractivity contribution in [2.75, 3.05) is 0 Å². The Bertz CT molecular complexity index is 393. The van der Waals surface area contributed by atoms with Gasteiger partial charge in [0.05, 0.1) is 11.2 Å². The van der Waals surface area contributed by atoms with E-state index in [0.717, 1.165) is 5.69 Å². The summed E-state index contributed by atoms with van der Waals surface area (Å²) in [4.78, 5) is 4.39. The highest BCUT2D eigenvalue weighted by Crippen LogP contribution is 2.22. The molecular weight excluding hydrogens is 172 g/mol. The Labute approximate surface area is 84.4 Å². The third-order valence-corrected chi connectivity index (χ3v) is 2.47. The molecule has 0 aromatic carbocycles. The summed E-state index contributed by atoms with van der Waals surface area (Å²) >= 11 is 0. The third-order valence-electron chi connectivity index (χ3n) is 2.47. The second-order valence-electron chi connectivity index (χ2n) is 3.78. The quantitative estimate of drug-likeness (QED) is 0.727. The van der Waals surface area contributed by atoms with E-state index < -0.39 is 0 Å². The summed E-state index contributed by atoms with van der Waals surface area (Å²) in [6.45, 7) is 4.20. The van der Waals surface area contributed by atoms with Gasteiger partial charge in [-0.25, -0.2) is 0 Å². The van der Waals surface area contributed by atoms with Gasteiger partial charge in [-0.2, -0.15) is 0 Å². The van der Waals surface area contributed by atoms with Gasteiger partial charge >= 0.3 is 0 Å². The molecule has 1 aromatic heterocycles. The van der Waals surface area contributed by atoms with E-state index in [-0.39, 0.29) is 5.54 Å². The van der Waals surface area contributed by atoms with Crippen LogP contribution in [0.3, 0.4) is 0 Å². The van der Waals surface area contributed by atoms with Crippen LogP contribution in [0.4, 0.5) is 0 Å². The van der Waals surface area contributed by atoms with Gasteiger partial charge in [0.25, 0.3) is 0 Å². The topological polar surface area (TPSA) is 24.9 Å². The minimum absolute atomic E-state index is 0.166. The number of hydrogen-bond acceptors (Lipinski definition) is 2. The fourth-order valence-electron chi connectivity index (χ4n) is 1.55. The van der Waals surface area contributed by atoms with Gasteiger partial charge in [-0.05, 0) is 43.8 Å². The van der Waals surface area contributed by atoms with Crippen LogP contribution in [-0.2, 0) is 5.54 Å². The Hall–Kier alpha value is -1.57. The van der Waals surface area contributed by atoms with E-state index in [1.165, 1.54) is 5.56 Å². The molecule has 72 valence electrons. The zero-order chi connectivity index (χ0) is 10.0. The van der Waals surface area contributed by atoms with E-state index in [4.69, 9.17) is 0 Å². The van der Waals surface area contributed by atoms with E-state index in [1.807, 2.05) is 30.6 Å². The van der Waals surface area contributed by atoms with Crippen LogP contribution in [0.5, 0.6) is 0 Å². The van der Waals surface area contributed by atoms with Crippen LogP contribution in [-0.4, -0.2) is 4.98 Å². The van der Waals surface area contributed by atoms with E-state index in [2.05, 4.69) is 36.3 Å². The number of aromatic nitrogens is 1. The van der Waals surface area contributed by atoms with Crippen molar-refractivity contribution in [3.63, 3.8) is 0 Å². The number of rotatable bonds is 1. The van der Waals surface area contributed by atoms with Crippen LogP contribution in [0.25, 0.3) is 0 Å². The predicted molar refractivity (Wildman–Crippen MR) is 57.7 cm³/mol. The van der Waals surface area contributed by atoms with Crippen LogP contribution in [0, 0.1) is 6.92 Å². The molecule has 0 aliphatic carbocycles. The third kappa shape index (κ3) is 1.55. The summed E-state index contributed by atoms with van der Waals surface area (Å²) in [5, 5.41) is 3.31. The number of dihydropyridines is 1. The van der Waals surface area contributed by atoms with E-state index in [0.29, 0.717) is 0 Å². The largest absolute Gasteiger partial charge is 0.377 e. The first-order chi connectivity index (χ1) is 6.71. The first-order valence-electron chi connectivity index (χ1n) is 4.76. The number of hydrogen-bond donors (Lipinski definition) is 1. The molecule has 1 unspecified atom stereocenters. The highest BCUT2D eigenvalue weighted by atomic mass is 15.0. The molecule has 0 fully saturated rings. The van der Waals surface area contributed by atoms with Crippen molar-refractivity contribution < 1.29 is 0 Å². The van der Waals surface area contributed by atoms with Gasteiger partial charge in [-0.3, -0.25) is 4.98 Å². The van der Waals surface area contributed by atoms with Crippen LogP contribution >= 0.6 is 0 Å². The number of nitrogens with one attached hydrogen (secondary N) is 1. The molecule has 1 aliphatic heterocycles. The van der Waals surface area contributed by atoms with Gasteiger partial charge in [0.15, 0.2) is 0 Å². The Morgan fingerprint density at radius 2 is 2.21 bits per heavy atom. The number of aryl methyl sites for hydroxylation is 1. The van der Waals surface area contributed by atoms with Gasteiger partial charge in [-0.1, -0.05) is 12.2 Å². The highest BCUT2D eigenvalue weighted by Gasteiger charge is 2.24. The molecule has 0 spiro atoms. The lowest BCUT2D eigenvalue weighted by Crippen LogP contribution is -2.36. The summed E-state index contributed by atoms with van der Waals surface area (Å²) in [7, 11) is 0. The maximum Gasteiger partial charge on any atom is 0.0951 e. The molecule has 0 bridgehead atoms. The summed E-state index contributed by atoms with van der Waals surface area (Å²) < 4.78 is 0. The number of allylic oxidation sites excluding steroid dienone is 2. The van der Waals surface area contributed by atoms with Crippen molar-refractivity contribution >= 4 is 0 Å². The molecule has 2 heteroatoms. The van der Waals surface area contributed by atoms with Crippen molar-refractivity contribution in [3.05, 3.63) is 54.0 Å². The Kier molecular flexibility index (Phi) is 2.12. The Morgan fingerprint density at radius 3 is 2.86 bits per heavy atom. The van der Waals surface area contributed by atoms with Gasteiger partial charge in [0.1, 0.15) is 0 Å². The summed E-state index contributed by atoms with van der Waals surface area (Å²) in [6.07, 6.45) is 9.95. The van der Waals surface area contributed by atoms with E-state index in [9.17, 15) is 0 Å². The fourth-order valence-corrected chi connectivity index (χ4v) is 1.55. The molecule has 0 saturated heterocycles. The van der Waals surface area contributed by atoms with Crippen molar-refractivity contribution in [1.82, 2.24) is 10.3 Å². The van der Waals surface area contributed by atoms with Gasteiger partial charge in [0, 0.05) is 6.20 Å². The summed E-state index contributed by atoms with van der Waals surface area (Å²) in [6, 6.07) is 4.12. The maximum absolute atomic E-state index is 4.39. The second kappa shape index (κ2) is 3.29. The van der Waals surface area contributed by atoms with Crippen molar-refractivity contribution in [3.8, 4) is 0 Å². The molecule has 2 heterocycles. The molecule has 1 N–H and O–H groups in total. The Morgan fingerprint density at radius 1 is 1.36 bits per heavy atom. The normalized spacial score (nSPS) is 24.7.